The molecule has 2 saturated heterocycles. The minimum Gasteiger partial charge on any atom is -0.508 e. The van der Waals surface area contributed by atoms with Crippen LogP contribution < -0.4 is 5.32 Å². The summed E-state index contributed by atoms with van der Waals surface area (Å²) in [6.07, 6.45) is 6.47. The van der Waals surface area contributed by atoms with Crippen molar-refractivity contribution in [1.29, 1.82) is 0 Å². The van der Waals surface area contributed by atoms with Crippen LogP contribution in [0.25, 0.3) is 0 Å². The summed E-state index contributed by atoms with van der Waals surface area (Å²) in [7, 11) is 0. The Kier molecular flexibility index (Phi) is 4.04. The van der Waals surface area contributed by atoms with E-state index < -0.39 is 0 Å². The van der Waals surface area contributed by atoms with Crippen molar-refractivity contribution in [2.75, 3.05) is 19.6 Å². The minimum atomic E-state index is 0.352. The fourth-order valence-electron chi connectivity index (χ4n) is 3.49. The molecule has 2 aliphatic heterocycles. The normalized spacial score (nSPS) is 27.4. The first-order valence-electron chi connectivity index (χ1n) is 7.56. The lowest BCUT2D eigenvalue weighted by atomic mass is 9.97. The van der Waals surface area contributed by atoms with E-state index in [0.29, 0.717) is 11.8 Å². The number of benzene rings is 1. The van der Waals surface area contributed by atoms with Crippen LogP contribution in [0.3, 0.4) is 0 Å². The summed E-state index contributed by atoms with van der Waals surface area (Å²) in [4.78, 5) is 2.66. The van der Waals surface area contributed by atoms with Crippen molar-refractivity contribution in [3.05, 3.63) is 29.8 Å². The van der Waals surface area contributed by atoms with Gasteiger partial charge in [0, 0.05) is 12.1 Å². The van der Waals surface area contributed by atoms with Gasteiger partial charge in [-0.05, 0) is 69.4 Å². The van der Waals surface area contributed by atoms with Crippen LogP contribution in [0.15, 0.2) is 24.3 Å². The van der Waals surface area contributed by atoms with Gasteiger partial charge in [0.15, 0.2) is 0 Å². The molecule has 3 rings (SSSR count). The highest BCUT2D eigenvalue weighted by molar-refractivity contribution is 5.25. The summed E-state index contributed by atoms with van der Waals surface area (Å²) in [5.74, 6) is 0.352. The number of nitrogens with zero attached hydrogens (tertiary/aromatic N) is 1. The zero-order valence-corrected chi connectivity index (χ0v) is 11.5. The highest BCUT2D eigenvalue weighted by Gasteiger charge is 2.31. The SMILES string of the molecule is Oc1ccc(CCNC2CCN3CCCC3C2)cc1. The van der Waals surface area contributed by atoms with Crippen LogP contribution in [0.5, 0.6) is 5.75 Å². The number of hydrogen-bond donors (Lipinski definition) is 2. The summed E-state index contributed by atoms with van der Waals surface area (Å²) < 4.78 is 0. The van der Waals surface area contributed by atoms with E-state index >= 15 is 0 Å². The third kappa shape index (κ3) is 3.28. The van der Waals surface area contributed by atoms with Gasteiger partial charge in [-0.15, -0.1) is 0 Å². The fraction of sp³-hybridized carbons (Fsp3) is 0.625. The fourth-order valence-corrected chi connectivity index (χ4v) is 3.49. The molecule has 2 fully saturated rings. The maximum Gasteiger partial charge on any atom is 0.115 e. The van der Waals surface area contributed by atoms with E-state index in [1.807, 2.05) is 12.1 Å². The monoisotopic (exact) mass is 260 g/mol. The molecule has 2 heterocycles. The van der Waals surface area contributed by atoms with Crippen molar-refractivity contribution < 1.29 is 5.11 Å². The van der Waals surface area contributed by atoms with Crippen molar-refractivity contribution in [1.82, 2.24) is 10.2 Å². The molecule has 0 saturated carbocycles. The summed E-state index contributed by atoms with van der Waals surface area (Å²) >= 11 is 0. The molecule has 1 aromatic carbocycles. The van der Waals surface area contributed by atoms with E-state index in [9.17, 15) is 5.11 Å². The van der Waals surface area contributed by atoms with E-state index in [1.165, 1.54) is 44.3 Å². The van der Waals surface area contributed by atoms with Gasteiger partial charge in [-0.3, -0.25) is 0 Å². The summed E-state index contributed by atoms with van der Waals surface area (Å²) in [5, 5.41) is 13.0. The second-order valence-electron chi connectivity index (χ2n) is 5.92. The van der Waals surface area contributed by atoms with Crippen LogP contribution >= 0.6 is 0 Å². The van der Waals surface area contributed by atoms with Crippen molar-refractivity contribution in [2.24, 2.45) is 0 Å². The molecular formula is C16H24N2O. The molecule has 0 spiro atoms. The third-order valence-corrected chi connectivity index (χ3v) is 4.60. The molecule has 2 aliphatic rings. The first-order valence-corrected chi connectivity index (χ1v) is 7.56. The topological polar surface area (TPSA) is 35.5 Å². The van der Waals surface area contributed by atoms with Gasteiger partial charge in [0.1, 0.15) is 5.75 Å². The smallest absolute Gasteiger partial charge is 0.115 e. The summed E-state index contributed by atoms with van der Waals surface area (Å²) in [6.45, 7) is 3.65. The maximum atomic E-state index is 9.25. The average Bonchev–Trinajstić information content (AvgIpc) is 2.88. The van der Waals surface area contributed by atoms with Gasteiger partial charge in [-0.2, -0.15) is 0 Å². The molecule has 0 bridgehead atoms. The molecule has 0 amide bonds. The molecule has 104 valence electrons. The molecule has 3 nitrogen and oxygen atoms in total. The Balaban J connectivity index is 1.41. The van der Waals surface area contributed by atoms with Crippen LogP contribution in [0.2, 0.25) is 0 Å². The maximum absolute atomic E-state index is 9.25. The molecule has 0 aromatic heterocycles. The number of rotatable bonds is 4. The van der Waals surface area contributed by atoms with Crippen LogP contribution in [0.1, 0.15) is 31.2 Å². The van der Waals surface area contributed by atoms with E-state index in [-0.39, 0.29) is 0 Å². The molecule has 0 radical (unpaired) electrons. The predicted molar refractivity (Wildman–Crippen MR) is 77.4 cm³/mol. The molecule has 2 N–H and O–H groups in total. The molecule has 19 heavy (non-hydrogen) atoms. The lowest BCUT2D eigenvalue weighted by Gasteiger charge is -2.35. The molecule has 2 atom stereocenters. The minimum absolute atomic E-state index is 0.352. The third-order valence-electron chi connectivity index (χ3n) is 4.60. The van der Waals surface area contributed by atoms with Gasteiger partial charge in [0.05, 0.1) is 0 Å². The van der Waals surface area contributed by atoms with Gasteiger partial charge >= 0.3 is 0 Å². The lowest BCUT2D eigenvalue weighted by Crippen LogP contribution is -2.46. The van der Waals surface area contributed by atoms with Gasteiger partial charge in [0.25, 0.3) is 0 Å². The van der Waals surface area contributed by atoms with Crippen LogP contribution in [0, 0.1) is 0 Å². The zero-order chi connectivity index (χ0) is 13.1. The number of fused-ring (bicyclic) bond motifs is 1. The number of phenols is 1. The van der Waals surface area contributed by atoms with E-state index in [1.54, 1.807) is 12.1 Å². The van der Waals surface area contributed by atoms with Crippen LogP contribution in [-0.2, 0) is 6.42 Å². The van der Waals surface area contributed by atoms with E-state index in [0.717, 1.165) is 19.0 Å². The van der Waals surface area contributed by atoms with E-state index in [2.05, 4.69) is 10.2 Å². The Morgan fingerprint density at radius 3 is 2.84 bits per heavy atom. The second-order valence-corrected chi connectivity index (χ2v) is 5.92. The van der Waals surface area contributed by atoms with Gasteiger partial charge in [-0.25, -0.2) is 0 Å². The number of phenolic OH excluding ortho intramolecular Hbond substituents is 1. The number of hydrogen-bond acceptors (Lipinski definition) is 3. The average molecular weight is 260 g/mol. The number of aromatic hydroxyl groups is 1. The first-order chi connectivity index (χ1) is 9.31. The predicted octanol–water partition coefficient (Wildman–Crippen LogP) is 2.15. The molecule has 1 aromatic rings. The lowest BCUT2D eigenvalue weighted by molar-refractivity contribution is 0.167. The number of nitrogens with one attached hydrogen (secondary N) is 1. The molecule has 2 unspecified atom stereocenters. The largest absolute Gasteiger partial charge is 0.508 e. The van der Waals surface area contributed by atoms with Gasteiger partial charge in [0.2, 0.25) is 0 Å². The first kappa shape index (κ1) is 12.9. The standard InChI is InChI=1S/C16H24N2O/c19-16-5-3-13(4-6-16)7-9-17-14-8-11-18-10-1-2-15(18)12-14/h3-6,14-15,17,19H,1-2,7-12H2. The van der Waals surface area contributed by atoms with Crippen LogP contribution in [-0.4, -0.2) is 41.7 Å². The van der Waals surface area contributed by atoms with Crippen molar-refractivity contribution in [3.63, 3.8) is 0 Å². The Labute approximate surface area is 115 Å². The molecule has 3 heteroatoms. The van der Waals surface area contributed by atoms with Crippen molar-refractivity contribution >= 4 is 0 Å². The Bertz CT molecular complexity index is 404. The summed E-state index contributed by atoms with van der Waals surface area (Å²) in [6, 6.07) is 9.11. The van der Waals surface area contributed by atoms with Gasteiger partial charge in [-0.1, -0.05) is 12.1 Å². The number of piperidine rings is 1. The Hall–Kier alpha value is -1.06. The van der Waals surface area contributed by atoms with Crippen LogP contribution in [0.4, 0.5) is 0 Å². The van der Waals surface area contributed by atoms with E-state index in [4.69, 9.17) is 0 Å². The van der Waals surface area contributed by atoms with Crippen molar-refractivity contribution in [2.45, 2.75) is 44.2 Å². The zero-order valence-electron chi connectivity index (χ0n) is 11.5. The highest BCUT2D eigenvalue weighted by Crippen LogP contribution is 2.26. The van der Waals surface area contributed by atoms with Crippen molar-refractivity contribution in [3.8, 4) is 5.75 Å². The molecule has 0 aliphatic carbocycles. The Morgan fingerprint density at radius 2 is 2.00 bits per heavy atom. The molecular weight excluding hydrogens is 236 g/mol. The highest BCUT2D eigenvalue weighted by atomic mass is 16.3. The van der Waals surface area contributed by atoms with Gasteiger partial charge < -0.3 is 15.3 Å². The Morgan fingerprint density at radius 1 is 1.16 bits per heavy atom. The second kappa shape index (κ2) is 5.93. The summed E-state index contributed by atoms with van der Waals surface area (Å²) in [5.41, 5.74) is 1.30. The quantitative estimate of drug-likeness (QED) is 0.871.